The smallest absolute Gasteiger partial charge is 0.135 e. The molecule has 29 heavy (non-hydrogen) atoms. The molecule has 2 saturated carbocycles. The lowest BCUT2D eigenvalue weighted by Crippen LogP contribution is -2.34. The Kier molecular flexibility index (Phi) is 12.0. The Bertz CT molecular complexity index is 491. The molecular weight excluding hydrogens is 372 g/mol. The second-order valence-electron chi connectivity index (χ2n) is 10.4. The summed E-state index contributed by atoms with van der Waals surface area (Å²) in [5.41, 5.74) is 4.81. The zero-order chi connectivity index (χ0) is 21.0. The van der Waals surface area contributed by atoms with Gasteiger partial charge in [0, 0.05) is 13.0 Å². The summed E-state index contributed by atoms with van der Waals surface area (Å²) < 4.78 is 11.1. The molecule has 2 bridgehead atoms. The summed E-state index contributed by atoms with van der Waals surface area (Å²) in [6, 6.07) is 0. The number of fused-ring (bicyclic) bond motifs is 2. The fraction of sp³-hybridized carbons (Fsp3) is 0.923. The van der Waals surface area contributed by atoms with E-state index in [4.69, 9.17) is 9.47 Å². The first-order valence-electron chi connectivity index (χ1n) is 12.7. The van der Waals surface area contributed by atoms with Crippen LogP contribution in [-0.2, 0) is 9.47 Å². The quantitative estimate of drug-likeness (QED) is 0.156. The van der Waals surface area contributed by atoms with Crippen LogP contribution in [0.3, 0.4) is 0 Å². The van der Waals surface area contributed by atoms with Crippen LogP contribution in [0.5, 0.6) is 0 Å². The minimum atomic E-state index is -1.31. The minimum absolute atomic E-state index is 0.311. The SMILES string of the molecule is CC(C)OCCOCCCCCCCCCCC#C[Si](C)(C)C1CC2CCC1C2. The van der Waals surface area contributed by atoms with Gasteiger partial charge in [0.25, 0.3) is 0 Å². The van der Waals surface area contributed by atoms with Crippen molar-refractivity contribution in [1.29, 1.82) is 0 Å². The fourth-order valence-electron chi connectivity index (χ4n) is 5.43. The Morgan fingerprint density at radius 2 is 1.52 bits per heavy atom. The van der Waals surface area contributed by atoms with Crippen molar-refractivity contribution >= 4 is 8.07 Å². The van der Waals surface area contributed by atoms with Crippen LogP contribution in [0.25, 0.3) is 0 Å². The van der Waals surface area contributed by atoms with Crippen LogP contribution in [0.15, 0.2) is 0 Å². The molecule has 2 rings (SSSR count). The van der Waals surface area contributed by atoms with E-state index in [1.54, 1.807) is 0 Å². The second-order valence-corrected chi connectivity index (χ2v) is 14.9. The molecule has 0 aliphatic heterocycles. The van der Waals surface area contributed by atoms with Crippen molar-refractivity contribution in [2.24, 2.45) is 11.8 Å². The highest BCUT2D eigenvalue weighted by atomic mass is 28.3. The molecule has 0 N–H and O–H groups in total. The van der Waals surface area contributed by atoms with Gasteiger partial charge in [-0.1, -0.05) is 64.5 Å². The fourth-order valence-corrected chi connectivity index (χ4v) is 8.60. The molecule has 3 atom stereocenters. The average molecular weight is 421 g/mol. The normalized spacial score (nSPS) is 23.6. The van der Waals surface area contributed by atoms with Crippen molar-refractivity contribution in [3.8, 4) is 11.5 Å². The predicted octanol–water partition coefficient (Wildman–Crippen LogP) is 7.38. The summed E-state index contributed by atoms with van der Waals surface area (Å²) in [5.74, 6) is 5.70. The maximum atomic E-state index is 5.60. The van der Waals surface area contributed by atoms with E-state index in [2.05, 4.69) is 38.4 Å². The number of hydrogen-bond donors (Lipinski definition) is 0. The third-order valence-electron chi connectivity index (χ3n) is 7.09. The number of unbranched alkanes of at least 4 members (excludes halogenated alkanes) is 8. The maximum absolute atomic E-state index is 5.60. The zero-order valence-electron chi connectivity index (χ0n) is 19.9. The van der Waals surface area contributed by atoms with Gasteiger partial charge in [0.05, 0.1) is 19.3 Å². The third-order valence-corrected chi connectivity index (χ3v) is 10.5. The minimum Gasteiger partial charge on any atom is -0.379 e. The molecular formula is C26H48O2Si. The lowest BCUT2D eigenvalue weighted by atomic mass is 10.0. The Morgan fingerprint density at radius 3 is 2.14 bits per heavy atom. The van der Waals surface area contributed by atoms with Gasteiger partial charge < -0.3 is 9.47 Å². The van der Waals surface area contributed by atoms with Crippen LogP contribution in [-0.4, -0.2) is 34.0 Å². The van der Waals surface area contributed by atoms with Gasteiger partial charge in [-0.2, -0.15) is 0 Å². The van der Waals surface area contributed by atoms with Gasteiger partial charge in [0.15, 0.2) is 0 Å². The molecule has 0 aromatic carbocycles. The van der Waals surface area contributed by atoms with E-state index in [1.807, 2.05) is 0 Å². The molecule has 0 aromatic rings. The van der Waals surface area contributed by atoms with Crippen LogP contribution in [0.2, 0.25) is 18.6 Å². The number of rotatable bonds is 15. The van der Waals surface area contributed by atoms with Gasteiger partial charge in [-0.3, -0.25) is 0 Å². The van der Waals surface area contributed by atoms with E-state index in [-0.39, 0.29) is 0 Å². The highest BCUT2D eigenvalue weighted by Gasteiger charge is 2.46. The predicted molar refractivity (Wildman–Crippen MR) is 128 cm³/mol. The number of ether oxygens (including phenoxy) is 2. The van der Waals surface area contributed by atoms with Gasteiger partial charge >= 0.3 is 0 Å². The van der Waals surface area contributed by atoms with E-state index in [1.165, 1.54) is 77.0 Å². The maximum Gasteiger partial charge on any atom is 0.135 e. The van der Waals surface area contributed by atoms with Gasteiger partial charge in [-0.25, -0.2) is 0 Å². The molecule has 168 valence electrons. The first-order chi connectivity index (χ1) is 14.0. The molecule has 2 nitrogen and oxygen atoms in total. The summed E-state index contributed by atoms with van der Waals surface area (Å²) in [4.78, 5) is 0. The van der Waals surface area contributed by atoms with Gasteiger partial charge in [0.1, 0.15) is 8.07 Å². The van der Waals surface area contributed by atoms with E-state index < -0.39 is 8.07 Å². The molecule has 0 heterocycles. The Labute approximate surface area is 182 Å². The van der Waals surface area contributed by atoms with Crippen molar-refractivity contribution in [3.63, 3.8) is 0 Å². The molecule has 2 aliphatic carbocycles. The molecule has 0 radical (unpaired) electrons. The van der Waals surface area contributed by atoms with Crippen LogP contribution >= 0.6 is 0 Å². The van der Waals surface area contributed by atoms with Crippen LogP contribution in [0.1, 0.15) is 97.3 Å². The van der Waals surface area contributed by atoms with Crippen molar-refractivity contribution in [1.82, 2.24) is 0 Å². The van der Waals surface area contributed by atoms with Gasteiger partial charge in [0.2, 0.25) is 0 Å². The molecule has 0 saturated heterocycles. The van der Waals surface area contributed by atoms with Gasteiger partial charge in [-0.05, 0) is 56.9 Å². The lowest BCUT2D eigenvalue weighted by Gasteiger charge is -2.31. The average Bonchev–Trinajstić information content (AvgIpc) is 3.31. The van der Waals surface area contributed by atoms with E-state index in [9.17, 15) is 0 Å². The highest BCUT2D eigenvalue weighted by molar-refractivity contribution is 6.86. The van der Waals surface area contributed by atoms with Crippen molar-refractivity contribution in [2.75, 3.05) is 19.8 Å². The monoisotopic (exact) mass is 420 g/mol. The molecule has 3 heteroatoms. The van der Waals surface area contributed by atoms with Crippen molar-refractivity contribution < 1.29 is 9.47 Å². The van der Waals surface area contributed by atoms with E-state index in [0.29, 0.717) is 6.10 Å². The Balaban J connectivity index is 1.36. The summed E-state index contributed by atoms with van der Waals surface area (Å²) in [5, 5.41) is 0. The molecule has 0 aromatic heterocycles. The van der Waals surface area contributed by atoms with E-state index in [0.717, 1.165) is 43.6 Å². The topological polar surface area (TPSA) is 18.5 Å². The summed E-state index contributed by atoms with van der Waals surface area (Å²) >= 11 is 0. The van der Waals surface area contributed by atoms with Crippen molar-refractivity contribution in [3.05, 3.63) is 0 Å². The van der Waals surface area contributed by atoms with Crippen LogP contribution in [0.4, 0.5) is 0 Å². The summed E-state index contributed by atoms with van der Waals surface area (Å²) in [7, 11) is -1.31. The highest BCUT2D eigenvalue weighted by Crippen LogP contribution is 2.55. The summed E-state index contributed by atoms with van der Waals surface area (Å²) in [6.45, 7) is 11.6. The molecule has 3 unspecified atom stereocenters. The van der Waals surface area contributed by atoms with Crippen molar-refractivity contribution in [2.45, 2.75) is 122 Å². The first kappa shape index (κ1) is 25.0. The first-order valence-corrected chi connectivity index (χ1v) is 15.8. The second kappa shape index (κ2) is 13.9. The molecule has 2 aliphatic rings. The third kappa shape index (κ3) is 10.0. The number of hydrogen-bond acceptors (Lipinski definition) is 2. The van der Waals surface area contributed by atoms with Gasteiger partial charge in [-0.15, -0.1) is 11.5 Å². The lowest BCUT2D eigenvalue weighted by molar-refractivity contribution is 0.0186. The standard InChI is InChI=1S/C26H48O2Si/c1-23(2)28-19-18-27-17-13-11-9-7-5-6-8-10-12-14-20-29(3,4)26-22-24-15-16-25(26)21-24/h23-26H,5-13,15-19,21-22H2,1-4H3. The Hall–Kier alpha value is -0.303. The van der Waals surface area contributed by atoms with Crippen LogP contribution < -0.4 is 0 Å². The van der Waals surface area contributed by atoms with E-state index >= 15 is 0 Å². The largest absolute Gasteiger partial charge is 0.379 e. The zero-order valence-corrected chi connectivity index (χ0v) is 20.9. The molecule has 0 spiro atoms. The summed E-state index contributed by atoms with van der Waals surface area (Å²) in [6.07, 6.45) is 18.2. The molecule has 0 amide bonds. The van der Waals surface area contributed by atoms with Crippen LogP contribution in [0, 0.1) is 23.3 Å². The molecule has 2 fully saturated rings. The Morgan fingerprint density at radius 1 is 0.828 bits per heavy atom.